The van der Waals surface area contributed by atoms with Crippen molar-refractivity contribution < 1.29 is 9.90 Å². The topological polar surface area (TPSA) is 75.3 Å². The van der Waals surface area contributed by atoms with Crippen LogP contribution in [0.15, 0.2) is 18.2 Å². The molecule has 116 valence electrons. The second kappa shape index (κ2) is 5.24. The zero-order valence-corrected chi connectivity index (χ0v) is 13.4. The summed E-state index contributed by atoms with van der Waals surface area (Å²) in [6, 6.07) is 5.32. The molecule has 0 saturated heterocycles. The first-order chi connectivity index (χ1) is 9.58. The lowest BCUT2D eigenvalue weighted by Crippen LogP contribution is -2.40. The number of nitrogen functional groups attached to an aromatic ring is 1. The molecule has 0 heterocycles. The number of carboxylic acid groups (broad SMARTS) is 1. The SMILES string of the molecule is CC1(C)CC(Nc2ccc(N)cc2C(=O)O)CC(C)(C)C1. The number of hydrogen-bond donors (Lipinski definition) is 3. The monoisotopic (exact) mass is 290 g/mol. The Hall–Kier alpha value is -1.71. The van der Waals surface area contributed by atoms with E-state index in [1.165, 1.54) is 12.5 Å². The summed E-state index contributed by atoms with van der Waals surface area (Å²) in [4.78, 5) is 11.4. The number of carbonyl (C=O) groups is 1. The van der Waals surface area contributed by atoms with Gasteiger partial charge in [-0.1, -0.05) is 27.7 Å². The molecule has 0 atom stereocenters. The second-order valence-electron chi connectivity index (χ2n) is 7.86. The zero-order chi connectivity index (χ0) is 15.8. The van der Waals surface area contributed by atoms with Crippen molar-refractivity contribution in [3.63, 3.8) is 0 Å². The predicted octanol–water partition coefficient (Wildman–Crippen LogP) is 3.98. The van der Waals surface area contributed by atoms with Crippen LogP contribution in [-0.2, 0) is 0 Å². The average Bonchev–Trinajstić information content (AvgIpc) is 2.27. The number of nitrogens with one attached hydrogen (secondary N) is 1. The summed E-state index contributed by atoms with van der Waals surface area (Å²) in [6.07, 6.45) is 3.27. The third-order valence-electron chi connectivity index (χ3n) is 4.19. The first kappa shape index (κ1) is 15.7. The van der Waals surface area contributed by atoms with Crippen LogP contribution in [0.2, 0.25) is 0 Å². The van der Waals surface area contributed by atoms with Crippen molar-refractivity contribution in [2.45, 2.75) is 53.0 Å². The number of carboxylic acids is 1. The maximum absolute atomic E-state index is 11.4. The fraction of sp³-hybridized carbons (Fsp3) is 0.588. The van der Waals surface area contributed by atoms with Gasteiger partial charge in [-0.15, -0.1) is 0 Å². The van der Waals surface area contributed by atoms with Gasteiger partial charge in [0.1, 0.15) is 0 Å². The van der Waals surface area contributed by atoms with Crippen LogP contribution in [-0.4, -0.2) is 17.1 Å². The molecule has 4 nitrogen and oxygen atoms in total. The van der Waals surface area contributed by atoms with E-state index in [4.69, 9.17) is 5.73 Å². The summed E-state index contributed by atoms with van der Waals surface area (Å²) in [5.41, 5.74) is 7.60. The molecule has 4 N–H and O–H groups in total. The lowest BCUT2D eigenvalue weighted by Gasteiger charge is -2.45. The van der Waals surface area contributed by atoms with Crippen LogP contribution in [0.4, 0.5) is 11.4 Å². The predicted molar refractivity (Wildman–Crippen MR) is 86.6 cm³/mol. The summed E-state index contributed by atoms with van der Waals surface area (Å²) in [5, 5.41) is 12.8. The van der Waals surface area contributed by atoms with E-state index in [1.807, 2.05) is 0 Å². The Kier molecular flexibility index (Phi) is 3.91. The van der Waals surface area contributed by atoms with Gasteiger partial charge in [0.05, 0.1) is 5.56 Å². The van der Waals surface area contributed by atoms with Gasteiger partial charge in [-0.05, 0) is 48.3 Å². The Bertz CT molecular complexity index is 534. The number of anilines is 2. The Morgan fingerprint density at radius 2 is 1.81 bits per heavy atom. The van der Waals surface area contributed by atoms with Crippen LogP contribution in [0.5, 0.6) is 0 Å². The minimum atomic E-state index is -0.945. The molecular formula is C17H26N2O2. The molecule has 1 fully saturated rings. The minimum Gasteiger partial charge on any atom is -0.478 e. The highest BCUT2D eigenvalue weighted by Gasteiger charge is 2.38. The number of benzene rings is 1. The molecule has 0 radical (unpaired) electrons. The average molecular weight is 290 g/mol. The van der Waals surface area contributed by atoms with Crippen LogP contribution in [0, 0.1) is 10.8 Å². The molecule has 1 aliphatic carbocycles. The molecular weight excluding hydrogens is 264 g/mol. The van der Waals surface area contributed by atoms with Gasteiger partial charge in [-0.3, -0.25) is 0 Å². The smallest absolute Gasteiger partial charge is 0.337 e. The van der Waals surface area contributed by atoms with Crippen molar-refractivity contribution >= 4 is 17.3 Å². The maximum Gasteiger partial charge on any atom is 0.337 e. The highest BCUT2D eigenvalue weighted by Crippen LogP contribution is 2.46. The molecule has 21 heavy (non-hydrogen) atoms. The fourth-order valence-electron chi connectivity index (χ4n) is 4.03. The number of rotatable bonds is 3. The summed E-state index contributed by atoms with van der Waals surface area (Å²) in [5.74, 6) is -0.945. The number of hydrogen-bond acceptors (Lipinski definition) is 3. The van der Waals surface area contributed by atoms with Crippen molar-refractivity contribution in [2.24, 2.45) is 10.8 Å². The standard InChI is InChI=1S/C17H26N2O2/c1-16(2)8-12(9-17(3,4)10-16)19-14-6-5-11(18)7-13(14)15(20)21/h5-7,12,19H,8-10,18H2,1-4H3,(H,20,21). The van der Waals surface area contributed by atoms with Crippen molar-refractivity contribution in [2.75, 3.05) is 11.1 Å². The van der Waals surface area contributed by atoms with E-state index in [9.17, 15) is 9.90 Å². The Balaban J connectivity index is 2.24. The molecule has 4 heteroatoms. The van der Waals surface area contributed by atoms with Gasteiger partial charge in [0, 0.05) is 17.4 Å². The van der Waals surface area contributed by atoms with Crippen molar-refractivity contribution in [3.8, 4) is 0 Å². The van der Waals surface area contributed by atoms with Gasteiger partial charge < -0.3 is 16.2 Å². The van der Waals surface area contributed by atoms with Crippen LogP contribution in [0.1, 0.15) is 57.3 Å². The Labute approximate surface area is 126 Å². The largest absolute Gasteiger partial charge is 0.478 e. The molecule has 0 unspecified atom stereocenters. The third kappa shape index (κ3) is 3.90. The molecule has 2 rings (SSSR count). The van der Waals surface area contributed by atoms with E-state index < -0.39 is 5.97 Å². The van der Waals surface area contributed by atoms with Gasteiger partial charge >= 0.3 is 5.97 Å². The molecule has 1 saturated carbocycles. The lowest BCUT2D eigenvalue weighted by molar-refractivity contribution is 0.0698. The van der Waals surface area contributed by atoms with Crippen LogP contribution < -0.4 is 11.1 Å². The molecule has 0 amide bonds. The normalized spacial score (nSPS) is 21.0. The van der Waals surface area contributed by atoms with E-state index >= 15 is 0 Å². The summed E-state index contributed by atoms with van der Waals surface area (Å²) < 4.78 is 0. The van der Waals surface area contributed by atoms with E-state index in [0.717, 1.165) is 12.8 Å². The van der Waals surface area contributed by atoms with E-state index in [0.29, 0.717) is 11.4 Å². The summed E-state index contributed by atoms with van der Waals surface area (Å²) in [7, 11) is 0. The quantitative estimate of drug-likeness (QED) is 0.736. The van der Waals surface area contributed by atoms with Crippen LogP contribution in [0.3, 0.4) is 0 Å². The van der Waals surface area contributed by atoms with Gasteiger partial charge in [0.25, 0.3) is 0 Å². The van der Waals surface area contributed by atoms with Gasteiger partial charge in [-0.2, -0.15) is 0 Å². The molecule has 1 aromatic rings. The van der Waals surface area contributed by atoms with E-state index in [2.05, 4.69) is 33.0 Å². The summed E-state index contributed by atoms with van der Waals surface area (Å²) >= 11 is 0. The van der Waals surface area contributed by atoms with Gasteiger partial charge in [0.15, 0.2) is 0 Å². The number of aromatic carboxylic acids is 1. The molecule has 0 spiro atoms. The number of nitrogens with two attached hydrogens (primary N) is 1. The summed E-state index contributed by atoms with van der Waals surface area (Å²) in [6.45, 7) is 9.13. The van der Waals surface area contributed by atoms with Crippen LogP contribution >= 0.6 is 0 Å². The van der Waals surface area contributed by atoms with Crippen molar-refractivity contribution in [1.82, 2.24) is 0 Å². The van der Waals surface area contributed by atoms with Gasteiger partial charge in [-0.25, -0.2) is 4.79 Å². The molecule has 1 aliphatic rings. The second-order valence-corrected chi connectivity index (χ2v) is 7.86. The first-order valence-electron chi connectivity index (χ1n) is 7.47. The molecule has 0 aromatic heterocycles. The van der Waals surface area contributed by atoms with E-state index in [-0.39, 0.29) is 22.4 Å². The van der Waals surface area contributed by atoms with Gasteiger partial charge in [0.2, 0.25) is 0 Å². The third-order valence-corrected chi connectivity index (χ3v) is 4.19. The molecule has 1 aromatic carbocycles. The van der Waals surface area contributed by atoms with Crippen molar-refractivity contribution in [1.29, 1.82) is 0 Å². The first-order valence-corrected chi connectivity index (χ1v) is 7.47. The zero-order valence-electron chi connectivity index (χ0n) is 13.4. The maximum atomic E-state index is 11.4. The highest BCUT2D eigenvalue weighted by atomic mass is 16.4. The van der Waals surface area contributed by atoms with Crippen molar-refractivity contribution in [3.05, 3.63) is 23.8 Å². The minimum absolute atomic E-state index is 0.246. The molecule has 0 bridgehead atoms. The van der Waals surface area contributed by atoms with E-state index in [1.54, 1.807) is 12.1 Å². The Morgan fingerprint density at radius 3 is 2.33 bits per heavy atom. The van der Waals surface area contributed by atoms with Crippen LogP contribution in [0.25, 0.3) is 0 Å². The lowest BCUT2D eigenvalue weighted by atomic mass is 9.63. The Morgan fingerprint density at radius 1 is 1.24 bits per heavy atom. The fourth-order valence-corrected chi connectivity index (χ4v) is 4.03. The highest BCUT2D eigenvalue weighted by molar-refractivity contribution is 5.95. The molecule has 0 aliphatic heterocycles.